The van der Waals surface area contributed by atoms with Crippen LogP contribution in [-0.4, -0.2) is 27.4 Å². The molecule has 29 heavy (non-hydrogen) atoms. The van der Waals surface area contributed by atoms with Crippen LogP contribution in [0, 0.1) is 17.5 Å². The lowest BCUT2D eigenvalue weighted by Gasteiger charge is -2.08. The number of nitrogens with zero attached hydrogens (tertiary/aromatic N) is 2. The minimum absolute atomic E-state index is 0.0143. The molecular formula is C19H14Cl2F3N3O2. The first kappa shape index (κ1) is 21.0. The van der Waals surface area contributed by atoms with E-state index in [1.807, 2.05) is 0 Å². The minimum atomic E-state index is -1.31. The zero-order chi connectivity index (χ0) is 21.1. The van der Waals surface area contributed by atoms with Gasteiger partial charge in [0.1, 0.15) is 16.8 Å². The summed E-state index contributed by atoms with van der Waals surface area (Å²) in [7, 11) is 0. The number of carbonyl (C=O) groups is 1. The Morgan fingerprint density at radius 2 is 1.83 bits per heavy atom. The van der Waals surface area contributed by atoms with E-state index in [0.717, 1.165) is 22.9 Å². The SMILES string of the molecule is O=C(O)c1nn(Cc2cc(F)cc(F)c2)c(Cl)c1CCNc1cccc(Cl)c1F. The predicted octanol–water partition coefficient (Wildman–Crippen LogP) is 5.01. The number of carboxylic acid groups (broad SMARTS) is 1. The largest absolute Gasteiger partial charge is 0.476 e. The molecule has 5 nitrogen and oxygen atoms in total. The number of nitrogens with one attached hydrogen (secondary N) is 1. The molecule has 2 N–H and O–H groups in total. The quantitative estimate of drug-likeness (QED) is 0.538. The summed E-state index contributed by atoms with van der Waals surface area (Å²) >= 11 is 12.0. The number of halogens is 5. The minimum Gasteiger partial charge on any atom is -0.476 e. The summed E-state index contributed by atoms with van der Waals surface area (Å²) in [5.41, 5.74) is 0.314. The van der Waals surface area contributed by atoms with Gasteiger partial charge in [-0.25, -0.2) is 22.6 Å². The van der Waals surface area contributed by atoms with Crippen molar-refractivity contribution in [3.05, 3.63) is 80.8 Å². The molecule has 0 fully saturated rings. The zero-order valence-electron chi connectivity index (χ0n) is 14.7. The molecule has 2 aromatic carbocycles. The Morgan fingerprint density at radius 1 is 1.14 bits per heavy atom. The number of aromatic carboxylic acids is 1. The van der Waals surface area contributed by atoms with Gasteiger partial charge in [-0.1, -0.05) is 29.3 Å². The smallest absolute Gasteiger partial charge is 0.356 e. The van der Waals surface area contributed by atoms with Gasteiger partial charge in [-0.3, -0.25) is 0 Å². The standard InChI is InChI=1S/C19H14Cl2F3N3O2/c20-14-2-1-3-15(16(14)24)25-5-4-13-17(19(28)29)26-27(18(13)21)9-10-6-11(22)8-12(23)7-10/h1-3,6-8,25H,4-5,9H2,(H,28,29). The Kier molecular flexibility index (Phi) is 6.34. The van der Waals surface area contributed by atoms with Crippen LogP contribution in [0.2, 0.25) is 10.2 Å². The summed E-state index contributed by atoms with van der Waals surface area (Å²) in [6.07, 6.45) is 0.115. The lowest BCUT2D eigenvalue weighted by atomic mass is 10.1. The lowest BCUT2D eigenvalue weighted by molar-refractivity contribution is 0.0688. The predicted molar refractivity (Wildman–Crippen MR) is 103 cm³/mol. The molecule has 3 aromatic rings. The summed E-state index contributed by atoms with van der Waals surface area (Å²) in [6, 6.07) is 7.39. The molecule has 0 bridgehead atoms. The Hall–Kier alpha value is -2.71. The second-order valence-electron chi connectivity index (χ2n) is 6.14. The van der Waals surface area contributed by atoms with Gasteiger partial charge in [0, 0.05) is 18.2 Å². The van der Waals surface area contributed by atoms with Crippen molar-refractivity contribution in [2.45, 2.75) is 13.0 Å². The van der Waals surface area contributed by atoms with E-state index in [1.165, 1.54) is 12.1 Å². The number of hydrogen-bond acceptors (Lipinski definition) is 3. The Labute approximate surface area is 173 Å². The molecule has 1 heterocycles. The van der Waals surface area contributed by atoms with Crippen LogP contribution < -0.4 is 5.32 Å². The number of aromatic nitrogens is 2. The normalized spacial score (nSPS) is 10.9. The van der Waals surface area contributed by atoms with Gasteiger partial charge in [-0.15, -0.1) is 0 Å². The fourth-order valence-electron chi connectivity index (χ4n) is 2.81. The summed E-state index contributed by atoms with van der Waals surface area (Å²) in [4.78, 5) is 11.5. The van der Waals surface area contributed by atoms with E-state index in [0.29, 0.717) is 0 Å². The van der Waals surface area contributed by atoms with Crippen LogP contribution >= 0.6 is 23.2 Å². The van der Waals surface area contributed by atoms with Gasteiger partial charge in [0.2, 0.25) is 0 Å². The van der Waals surface area contributed by atoms with Crippen molar-refractivity contribution in [2.75, 3.05) is 11.9 Å². The third kappa shape index (κ3) is 4.83. The van der Waals surface area contributed by atoms with Gasteiger partial charge >= 0.3 is 5.97 Å². The van der Waals surface area contributed by atoms with Crippen LogP contribution in [0.1, 0.15) is 21.6 Å². The van der Waals surface area contributed by atoms with Gasteiger partial charge in [0.05, 0.1) is 17.3 Å². The van der Waals surface area contributed by atoms with Crippen LogP contribution in [0.3, 0.4) is 0 Å². The Morgan fingerprint density at radius 3 is 2.48 bits per heavy atom. The molecule has 0 amide bonds. The lowest BCUT2D eigenvalue weighted by Crippen LogP contribution is -2.09. The zero-order valence-corrected chi connectivity index (χ0v) is 16.2. The summed E-state index contributed by atoms with van der Waals surface area (Å²) in [5.74, 6) is -3.47. The van der Waals surface area contributed by atoms with Crippen LogP contribution in [0.15, 0.2) is 36.4 Å². The van der Waals surface area contributed by atoms with Gasteiger partial charge < -0.3 is 10.4 Å². The highest BCUT2D eigenvalue weighted by Gasteiger charge is 2.22. The molecule has 0 aliphatic heterocycles. The van der Waals surface area contributed by atoms with Crippen LogP contribution in [0.4, 0.5) is 18.9 Å². The van der Waals surface area contributed by atoms with Crippen LogP contribution in [0.25, 0.3) is 0 Å². The third-order valence-electron chi connectivity index (χ3n) is 4.08. The highest BCUT2D eigenvalue weighted by atomic mass is 35.5. The molecule has 0 saturated heterocycles. The van der Waals surface area contributed by atoms with Crippen molar-refractivity contribution in [1.29, 1.82) is 0 Å². The van der Waals surface area contributed by atoms with Crippen molar-refractivity contribution >= 4 is 34.9 Å². The van der Waals surface area contributed by atoms with Crippen molar-refractivity contribution in [2.24, 2.45) is 0 Å². The molecule has 152 valence electrons. The fraction of sp³-hybridized carbons (Fsp3) is 0.158. The molecule has 10 heteroatoms. The molecule has 0 atom stereocenters. The number of hydrogen-bond donors (Lipinski definition) is 2. The Balaban J connectivity index is 1.81. The number of carboxylic acids is 1. The van der Waals surface area contributed by atoms with Crippen molar-refractivity contribution < 1.29 is 23.1 Å². The molecule has 0 aliphatic rings. The van der Waals surface area contributed by atoms with Crippen molar-refractivity contribution in [3.63, 3.8) is 0 Å². The van der Waals surface area contributed by atoms with E-state index in [4.69, 9.17) is 23.2 Å². The molecule has 3 rings (SSSR count). The fourth-order valence-corrected chi connectivity index (χ4v) is 3.27. The van der Waals surface area contributed by atoms with Crippen LogP contribution in [-0.2, 0) is 13.0 Å². The van der Waals surface area contributed by atoms with E-state index in [9.17, 15) is 23.1 Å². The highest BCUT2D eigenvalue weighted by Crippen LogP contribution is 2.25. The monoisotopic (exact) mass is 443 g/mol. The van der Waals surface area contributed by atoms with E-state index in [-0.39, 0.29) is 52.2 Å². The van der Waals surface area contributed by atoms with Gasteiger partial charge in [-0.2, -0.15) is 5.10 Å². The summed E-state index contributed by atoms with van der Waals surface area (Å²) < 4.78 is 41.9. The first-order chi connectivity index (χ1) is 13.8. The molecular weight excluding hydrogens is 430 g/mol. The third-order valence-corrected chi connectivity index (χ3v) is 4.80. The van der Waals surface area contributed by atoms with Crippen molar-refractivity contribution in [3.8, 4) is 0 Å². The van der Waals surface area contributed by atoms with Crippen molar-refractivity contribution in [1.82, 2.24) is 9.78 Å². The van der Waals surface area contributed by atoms with E-state index < -0.39 is 23.4 Å². The number of anilines is 1. The average molecular weight is 444 g/mol. The molecule has 0 radical (unpaired) electrons. The molecule has 0 saturated carbocycles. The summed E-state index contributed by atoms with van der Waals surface area (Å²) in [6.45, 7) is 0.0295. The van der Waals surface area contributed by atoms with E-state index in [2.05, 4.69) is 10.4 Å². The molecule has 1 aromatic heterocycles. The maximum absolute atomic E-state index is 13.9. The first-order valence-corrected chi connectivity index (χ1v) is 9.13. The van der Waals surface area contributed by atoms with Gasteiger partial charge in [0.25, 0.3) is 0 Å². The maximum atomic E-state index is 13.9. The maximum Gasteiger partial charge on any atom is 0.356 e. The second kappa shape index (κ2) is 8.75. The molecule has 0 unspecified atom stereocenters. The molecule has 0 spiro atoms. The highest BCUT2D eigenvalue weighted by molar-refractivity contribution is 6.31. The van der Waals surface area contributed by atoms with E-state index >= 15 is 0 Å². The number of rotatable bonds is 7. The number of benzene rings is 2. The topological polar surface area (TPSA) is 67.1 Å². The van der Waals surface area contributed by atoms with E-state index in [1.54, 1.807) is 6.07 Å². The van der Waals surface area contributed by atoms with Crippen LogP contribution in [0.5, 0.6) is 0 Å². The second-order valence-corrected chi connectivity index (χ2v) is 6.90. The Bertz CT molecular complexity index is 1050. The van der Waals surface area contributed by atoms with Gasteiger partial charge in [0.15, 0.2) is 11.5 Å². The molecule has 0 aliphatic carbocycles. The first-order valence-electron chi connectivity index (χ1n) is 8.37. The average Bonchev–Trinajstić information content (AvgIpc) is 2.94. The van der Waals surface area contributed by atoms with Gasteiger partial charge in [-0.05, 0) is 36.2 Å². The summed E-state index contributed by atoms with van der Waals surface area (Å²) in [5, 5.41) is 16.1.